The van der Waals surface area contributed by atoms with E-state index in [1.165, 1.54) is 4.90 Å². The predicted molar refractivity (Wildman–Crippen MR) is 66.4 cm³/mol. The quantitative estimate of drug-likeness (QED) is 0.844. The fourth-order valence-electron chi connectivity index (χ4n) is 1.95. The first-order valence-electron chi connectivity index (χ1n) is 5.88. The number of likely N-dealkylation sites (tertiary alicyclic amines) is 1. The number of carbonyl (C=O) groups excluding carboxylic acids is 1. The minimum atomic E-state index is -4.71. The van der Waals surface area contributed by atoms with Crippen molar-refractivity contribution in [2.45, 2.75) is 43.2 Å². The molecule has 0 bridgehead atoms. The lowest BCUT2D eigenvalue weighted by Gasteiger charge is -2.32. The minimum absolute atomic E-state index is 0.354. The summed E-state index contributed by atoms with van der Waals surface area (Å²) in [7, 11) is 0. The Balaban J connectivity index is 2.73. The monoisotopic (exact) mass is 284 g/mol. The highest BCUT2D eigenvalue weighted by Crippen LogP contribution is 2.31. The Bertz CT molecular complexity index is 307. The molecule has 0 aromatic rings. The smallest absolute Gasteiger partial charge is 0.341 e. The van der Waals surface area contributed by atoms with Crippen molar-refractivity contribution in [1.29, 1.82) is 0 Å². The van der Waals surface area contributed by atoms with Crippen LogP contribution in [0.2, 0.25) is 0 Å². The second-order valence-electron chi connectivity index (χ2n) is 4.78. The van der Waals surface area contributed by atoms with Crippen LogP contribution in [0.15, 0.2) is 0 Å². The molecule has 1 rings (SSSR count). The van der Waals surface area contributed by atoms with Crippen molar-refractivity contribution in [2.24, 2.45) is 5.73 Å². The van der Waals surface area contributed by atoms with Crippen molar-refractivity contribution in [3.05, 3.63) is 0 Å². The Morgan fingerprint density at radius 1 is 1.33 bits per heavy atom. The summed E-state index contributed by atoms with van der Waals surface area (Å²) in [6.07, 6.45) is -0.357. The topological polar surface area (TPSA) is 46.3 Å². The lowest BCUT2D eigenvalue weighted by Crippen LogP contribution is -2.62. The highest BCUT2D eigenvalue weighted by molar-refractivity contribution is 7.99. The maximum atomic E-state index is 12.7. The molecule has 1 saturated heterocycles. The van der Waals surface area contributed by atoms with Crippen LogP contribution in [0.3, 0.4) is 0 Å². The molecule has 18 heavy (non-hydrogen) atoms. The summed E-state index contributed by atoms with van der Waals surface area (Å²) in [6, 6.07) is 0. The van der Waals surface area contributed by atoms with Crippen molar-refractivity contribution in [2.75, 3.05) is 19.3 Å². The van der Waals surface area contributed by atoms with Gasteiger partial charge in [0.25, 0.3) is 5.91 Å². The Labute approximate surface area is 109 Å². The first-order chi connectivity index (χ1) is 8.20. The van der Waals surface area contributed by atoms with Crippen LogP contribution in [0.1, 0.15) is 26.2 Å². The highest BCUT2D eigenvalue weighted by atomic mass is 32.2. The second-order valence-corrected chi connectivity index (χ2v) is 5.92. The number of hydrogen-bond acceptors (Lipinski definition) is 3. The van der Waals surface area contributed by atoms with Gasteiger partial charge in [0, 0.05) is 18.3 Å². The van der Waals surface area contributed by atoms with E-state index in [9.17, 15) is 18.0 Å². The first-order valence-corrected chi connectivity index (χ1v) is 7.16. The molecule has 106 valence electrons. The normalized spacial score (nSPS) is 25.4. The van der Waals surface area contributed by atoms with E-state index >= 15 is 0 Å². The Hall–Kier alpha value is -0.430. The maximum absolute atomic E-state index is 12.7. The average molecular weight is 284 g/mol. The standard InChI is InChI=1S/C11H19F3N2OS/c1-10(15,11(12,13)14)9(17)16-6-3-4-8(18-2)5-7-16/h8H,3-7,15H2,1-2H3. The van der Waals surface area contributed by atoms with Gasteiger partial charge >= 0.3 is 6.18 Å². The zero-order chi connectivity index (χ0) is 14.0. The van der Waals surface area contributed by atoms with Crippen LogP contribution in [0, 0.1) is 0 Å². The Kier molecular flexibility index (Phi) is 4.94. The Morgan fingerprint density at radius 3 is 2.44 bits per heavy atom. The van der Waals surface area contributed by atoms with E-state index in [1.54, 1.807) is 11.8 Å². The summed E-state index contributed by atoms with van der Waals surface area (Å²) in [4.78, 5) is 13.1. The highest BCUT2D eigenvalue weighted by Gasteiger charge is 2.55. The number of nitrogens with two attached hydrogens (primary N) is 1. The number of amides is 1. The van der Waals surface area contributed by atoms with Gasteiger partial charge in [-0.25, -0.2) is 0 Å². The van der Waals surface area contributed by atoms with Gasteiger partial charge in [-0.2, -0.15) is 24.9 Å². The number of alkyl halides is 3. The zero-order valence-corrected chi connectivity index (χ0v) is 11.4. The molecule has 0 aromatic carbocycles. The van der Waals surface area contributed by atoms with Gasteiger partial charge in [-0.05, 0) is 32.4 Å². The summed E-state index contributed by atoms with van der Waals surface area (Å²) in [5.74, 6) is -1.02. The second kappa shape index (κ2) is 5.69. The molecule has 0 aromatic heterocycles. The molecule has 3 nitrogen and oxygen atoms in total. The van der Waals surface area contributed by atoms with Gasteiger partial charge in [0.15, 0.2) is 5.54 Å². The van der Waals surface area contributed by atoms with E-state index < -0.39 is 17.6 Å². The van der Waals surface area contributed by atoms with E-state index in [-0.39, 0.29) is 0 Å². The van der Waals surface area contributed by atoms with Crippen molar-refractivity contribution in [3.63, 3.8) is 0 Å². The number of nitrogens with zero attached hydrogens (tertiary/aromatic N) is 1. The Morgan fingerprint density at radius 2 is 1.94 bits per heavy atom. The van der Waals surface area contributed by atoms with Gasteiger partial charge < -0.3 is 10.6 Å². The molecule has 2 unspecified atom stereocenters. The van der Waals surface area contributed by atoms with Crippen LogP contribution in [0.5, 0.6) is 0 Å². The number of carbonyl (C=O) groups is 1. The van der Waals surface area contributed by atoms with Gasteiger partial charge in [0.2, 0.25) is 0 Å². The summed E-state index contributed by atoms with van der Waals surface area (Å²) >= 11 is 1.69. The van der Waals surface area contributed by atoms with Crippen molar-refractivity contribution < 1.29 is 18.0 Å². The van der Waals surface area contributed by atoms with E-state index in [4.69, 9.17) is 5.73 Å². The zero-order valence-electron chi connectivity index (χ0n) is 10.6. The van der Waals surface area contributed by atoms with Crippen LogP contribution >= 0.6 is 11.8 Å². The predicted octanol–water partition coefficient (Wildman–Crippen LogP) is 2.01. The molecular formula is C11H19F3N2OS. The molecule has 7 heteroatoms. The van der Waals surface area contributed by atoms with E-state index in [2.05, 4.69) is 0 Å². The number of halogens is 3. The summed E-state index contributed by atoms with van der Waals surface area (Å²) in [6.45, 7) is 1.46. The van der Waals surface area contributed by atoms with Gasteiger partial charge in [-0.1, -0.05) is 0 Å². The maximum Gasteiger partial charge on any atom is 0.415 e. The fraction of sp³-hybridized carbons (Fsp3) is 0.909. The van der Waals surface area contributed by atoms with Gasteiger partial charge in [-0.15, -0.1) is 0 Å². The molecule has 0 saturated carbocycles. The molecule has 1 aliphatic rings. The van der Waals surface area contributed by atoms with Gasteiger partial charge in [0.05, 0.1) is 0 Å². The molecule has 0 spiro atoms. The molecule has 1 fully saturated rings. The molecule has 0 radical (unpaired) electrons. The summed E-state index contributed by atoms with van der Waals surface area (Å²) in [5.41, 5.74) is 2.38. The van der Waals surface area contributed by atoms with Crippen molar-refractivity contribution >= 4 is 17.7 Å². The van der Waals surface area contributed by atoms with Crippen molar-refractivity contribution in [3.8, 4) is 0 Å². The fourth-order valence-corrected chi connectivity index (χ4v) is 2.70. The third kappa shape index (κ3) is 3.32. The van der Waals surface area contributed by atoms with Crippen LogP contribution in [0.4, 0.5) is 13.2 Å². The van der Waals surface area contributed by atoms with Crippen LogP contribution in [0.25, 0.3) is 0 Å². The van der Waals surface area contributed by atoms with Crippen molar-refractivity contribution in [1.82, 2.24) is 4.90 Å². The average Bonchev–Trinajstić information content (AvgIpc) is 2.51. The van der Waals surface area contributed by atoms with Crippen LogP contribution in [-0.4, -0.2) is 47.1 Å². The largest absolute Gasteiger partial charge is 0.415 e. The van der Waals surface area contributed by atoms with Crippen LogP contribution < -0.4 is 5.73 Å². The molecule has 2 atom stereocenters. The number of rotatable bonds is 2. The third-order valence-corrected chi connectivity index (χ3v) is 4.47. The molecule has 1 amide bonds. The summed E-state index contributed by atoms with van der Waals surface area (Å²) in [5, 5.41) is 0.415. The lowest BCUT2D eigenvalue weighted by molar-refractivity contribution is -0.193. The van der Waals surface area contributed by atoms with Gasteiger partial charge in [-0.3, -0.25) is 4.79 Å². The molecule has 1 aliphatic heterocycles. The minimum Gasteiger partial charge on any atom is -0.341 e. The lowest BCUT2D eigenvalue weighted by atomic mass is 10.0. The molecule has 2 N–H and O–H groups in total. The number of hydrogen-bond donors (Lipinski definition) is 1. The molecule has 0 aliphatic carbocycles. The third-order valence-electron chi connectivity index (χ3n) is 3.33. The summed E-state index contributed by atoms with van der Waals surface area (Å²) < 4.78 is 38.1. The van der Waals surface area contributed by atoms with E-state index in [0.717, 1.165) is 26.2 Å². The number of thioether (sulfide) groups is 1. The molecular weight excluding hydrogens is 265 g/mol. The van der Waals surface area contributed by atoms with Crippen LogP contribution in [-0.2, 0) is 4.79 Å². The SMILES string of the molecule is CSC1CCCN(C(=O)C(C)(N)C(F)(F)F)CC1. The van der Waals surface area contributed by atoms with E-state index in [0.29, 0.717) is 18.3 Å². The first kappa shape index (κ1) is 15.6. The molecule has 1 heterocycles. The van der Waals surface area contributed by atoms with Gasteiger partial charge in [0.1, 0.15) is 0 Å². The van der Waals surface area contributed by atoms with E-state index in [1.807, 2.05) is 6.26 Å².